The van der Waals surface area contributed by atoms with E-state index in [1.54, 1.807) is 6.07 Å². The number of nitrogens with zero attached hydrogens (tertiary/aromatic N) is 1. The maximum absolute atomic E-state index is 9.69. The third-order valence-electron chi connectivity index (χ3n) is 5.98. The first-order valence-corrected chi connectivity index (χ1v) is 10.0. The molecule has 0 spiro atoms. The van der Waals surface area contributed by atoms with Crippen LogP contribution in [0.2, 0.25) is 0 Å². The Morgan fingerprint density at radius 3 is 1.97 bits per heavy atom. The quantitative estimate of drug-likeness (QED) is 0.332. The first-order valence-electron chi connectivity index (χ1n) is 10.0. The van der Waals surface area contributed by atoms with Gasteiger partial charge in [-0.05, 0) is 39.8 Å². The Kier molecular flexibility index (Phi) is 3.72. The summed E-state index contributed by atoms with van der Waals surface area (Å²) in [4.78, 5) is 0. The summed E-state index contributed by atoms with van der Waals surface area (Å²) in [5.74, 6) is 0. The molecule has 0 atom stereocenters. The van der Waals surface area contributed by atoms with Crippen LogP contribution in [-0.4, -0.2) is 21.7 Å². The summed E-state index contributed by atoms with van der Waals surface area (Å²) in [6.45, 7) is 0. The van der Waals surface area contributed by atoms with Crippen molar-refractivity contribution in [3.8, 4) is 5.69 Å². The topological polar surface area (TPSA) is 45.4 Å². The minimum Gasteiger partial charge on any atom is -0.423 e. The molecule has 0 saturated heterocycles. The second-order valence-corrected chi connectivity index (χ2v) is 7.67. The highest BCUT2D eigenvalue weighted by Gasteiger charge is 2.18. The average Bonchev–Trinajstić information content (AvgIpc) is 3.12. The second-order valence-electron chi connectivity index (χ2n) is 7.67. The predicted octanol–water partition coefficient (Wildman–Crippen LogP) is 4.77. The maximum Gasteiger partial charge on any atom is 0.488 e. The smallest absolute Gasteiger partial charge is 0.423 e. The van der Waals surface area contributed by atoms with Crippen LogP contribution in [0.4, 0.5) is 0 Å². The Morgan fingerprint density at radius 1 is 0.533 bits per heavy atom. The summed E-state index contributed by atoms with van der Waals surface area (Å²) >= 11 is 0. The van der Waals surface area contributed by atoms with Crippen molar-refractivity contribution in [2.75, 3.05) is 0 Å². The maximum atomic E-state index is 9.69. The Balaban J connectivity index is 1.82. The van der Waals surface area contributed by atoms with Crippen molar-refractivity contribution >= 4 is 55.9 Å². The molecule has 30 heavy (non-hydrogen) atoms. The van der Waals surface area contributed by atoms with Crippen LogP contribution in [-0.2, 0) is 0 Å². The molecule has 0 aliphatic carbocycles. The second kappa shape index (κ2) is 6.46. The third-order valence-corrected chi connectivity index (χ3v) is 5.98. The van der Waals surface area contributed by atoms with E-state index in [-0.39, 0.29) is 0 Å². The molecular weight excluding hydrogens is 369 g/mol. The van der Waals surface area contributed by atoms with Crippen molar-refractivity contribution in [1.29, 1.82) is 0 Å². The molecule has 0 saturated carbocycles. The average molecular weight is 387 g/mol. The first kappa shape index (κ1) is 17.3. The first-order chi connectivity index (χ1) is 14.7. The molecule has 1 aromatic heterocycles. The van der Waals surface area contributed by atoms with Crippen LogP contribution < -0.4 is 5.46 Å². The highest BCUT2D eigenvalue weighted by atomic mass is 16.4. The molecule has 0 fully saturated rings. The van der Waals surface area contributed by atoms with Crippen molar-refractivity contribution in [2.45, 2.75) is 0 Å². The van der Waals surface area contributed by atoms with Gasteiger partial charge in [-0.3, -0.25) is 0 Å². The standard InChI is InChI=1S/C26H18BNO2/c29-27(30)18-13-14-25-23(16-18)22-11-5-6-12-24(22)28(25)26-15-17-7-1-2-8-19(17)20-9-3-4-10-21(20)26/h1-16,29-30H. The summed E-state index contributed by atoms with van der Waals surface area (Å²) < 4.78 is 2.28. The van der Waals surface area contributed by atoms with Gasteiger partial charge < -0.3 is 14.6 Å². The molecule has 2 N–H and O–H groups in total. The van der Waals surface area contributed by atoms with E-state index in [0.717, 1.165) is 27.5 Å². The van der Waals surface area contributed by atoms with Gasteiger partial charge in [0.2, 0.25) is 0 Å². The van der Waals surface area contributed by atoms with Crippen molar-refractivity contribution in [3.63, 3.8) is 0 Å². The summed E-state index contributed by atoms with van der Waals surface area (Å²) in [5.41, 5.74) is 3.75. The van der Waals surface area contributed by atoms with E-state index in [4.69, 9.17) is 0 Å². The lowest BCUT2D eigenvalue weighted by atomic mass is 9.80. The lowest BCUT2D eigenvalue weighted by Crippen LogP contribution is -2.29. The van der Waals surface area contributed by atoms with Gasteiger partial charge in [0, 0.05) is 16.2 Å². The molecular formula is C26H18BNO2. The Bertz CT molecular complexity index is 1580. The van der Waals surface area contributed by atoms with Gasteiger partial charge in [-0.2, -0.15) is 0 Å². The zero-order valence-corrected chi connectivity index (χ0v) is 16.2. The predicted molar refractivity (Wildman–Crippen MR) is 126 cm³/mol. The van der Waals surface area contributed by atoms with Gasteiger partial charge in [-0.25, -0.2) is 0 Å². The lowest BCUT2D eigenvalue weighted by Gasteiger charge is -2.14. The minimum absolute atomic E-state index is 0.494. The Morgan fingerprint density at radius 2 is 1.17 bits per heavy atom. The van der Waals surface area contributed by atoms with E-state index in [2.05, 4.69) is 71.3 Å². The van der Waals surface area contributed by atoms with Gasteiger partial charge in [0.05, 0.1) is 16.7 Å². The van der Waals surface area contributed by atoms with Crippen LogP contribution in [0.15, 0.2) is 97.1 Å². The number of hydrogen-bond donors (Lipinski definition) is 2. The van der Waals surface area contributed by atoms with Gasteiger partial charge in [-0.15, -0.1) is 0 Å². The molecule has 6 rings (SSSR count). The fraction of sp³-hybridized carbons (Fsp3) is 0. The zero-order valence-electron chi connectivity index (χ0n) is 16.2. The van der Waals surface area contributed by atoms with Crippen molar-refractivity contribution < 1.29 is 10.0 Å². The van der Waals surface area contributed by atoms with Gasteiger partial charge in [0.15, 0.2) is 0 Å². The van der Waals surface area contributed by atoms with Crippen LogP contribution in [0, 0.1) is 0 Å². The normalized spacial score (nSPS) is 11.7. The molecule has 142 valence electrons. The SMILES string of the molecule is OB(O)c1ccc2c(c1)c1ccccc1n2-c1cc2ccccc2c2ccccc12. The van der Waals surface area contributed by atoms with E-state index in [0.29, 0.717) is 5.46 Å². The van der Waals surface area contributed by atoms with E-state index < -0.39 is 7.12 Å². The number of para-hydroxylation sites is 1. The summed E-state index contributed by atoms with van der Waals surface area (Å²) in [6.07, 6.45) is 0. The van der Waals surface area contributed by atoms with Gasteiger partial charge in [-0.1, -0.05) is 78.9 Å². The van der Waals surface area contributed by atoms with Gasteiger partial charge in [0.25, 0.3) is 0 Å². The van der Waals surface area contributed by atoms with Crippen molar-refractivity contribution in [1.82, 2.24) is 4.57 Å². The molecule has 3 nitrogen and oxygen atoms in total. The molecule has 6 aromatic rings. The molecule has 5 aromatic carbocycles. The van der Waals surface area contributed by atoms with E-state index in [9.17, 15) is 10.0 Å². The molecule has 0 aliphatic rings. The summed E-state index contributed by atoms with van der Waals surface area (Å²) in [5, 5.41) is 26.3. The molecule has 0 amide bonds. The Labute approximate surface area is 173 Å². The third kappa shape index (κ3) is 2.41. The van der Waals surface area contributed by atoms with E-state index in [1.165, 1.54) is 21.5 Å². The summed E-state index contributed by atoms with van der Waals surface area (Å²) in [7, 11) is -1.49. The number of aromatic nitrogens is 1. The molecule has 0 aliphatic heterocycles. The van der Waals surface area contributed by atoms with Crippen LogP contribution in [0.1, 0.15) is 0 Å². The molecule has 0 radical (unpaired) electrons. The largest absolute Gasteiger partial charge is 0.488 e. The highest BCUT2D eigenvalue weighted by molar-refractivity contribution is 6.59. The molecule has 4 heteroatoms. The van der Waals surface area contributed by atoms with Crippen molar-refractivity contribution in [2.24, 2.45) is 0 Å². The van der Waals surface area contributed by atoms with Gasteiger partial charge >= 0.3 is 7.12 Å². The van der Waals surface area contributed by atoms with Crippen LogP contribution in [0.3, 0.4) is 0 Å². The number of rotatable bonds is 2. The van der Waals surface area contributed by atoms with Gasteiger partial charge in [0.1, 0.15) is 0 Å². The van der Waals surface area contributed by atoms with E-state index >= 15 is 0 Å². The van der Waals surface area contributed by atoms with Crippen LogP contribution >= 0.6 is 0 Å². The fourth-order valence-corrected chi connectivity index (χ4v) is 4.63. The minimum atomic E-state index is -1.49. The molecule has 0 bridgehead atoms. The fourth-order valence-electron chi connectivity index (χ4n) is 4.63. The van der Waals surface area contributed by atoms with Crippen LogP contribution in [0.25, 0.3) is 49.0 Å². The molecule has 1 heterocycles. The lowest BCUT2D eigenvalue weighted by molar-refractivity contribution is 0.426. The van der Waals surface area contributed by atoms with Crippen molar-refractivity contribution in [3.05, 3.63) is 97.1 Å². The Hall–Kier alpha value is -3.60. The highest BCUT2D eigenvalue weighted by Crippen LogP contribution is 2.37. The number of fused-ring (bicyclic) bond motifs is 6. The zero-order chi connectivity index (χ0) is 20.2. The monoisotopic (exact) mass is 387 g/mol. The van der Waals surface area contributed by atoms with E-state index in [1.807, 2.05) is 24.3 Å². The summed E-state index contributed by atoms with van der Waals surface area (Å²) in [6, 6.07) is 33.1. The molecule has 0 unspecified atom stereocenters. The number of hydrogen-bond acceptors (Lipinski definition) is 2. The number of benzene rings is 5. The van der Waals surface area contributed by atoms with Crippen LogP contribution in [0.5, 0.6) is 0 Å².